The van der Waals surface area contributed by atoms with Crippen LogP contribution in [0.4, 0.5) is 11.4 Å². The summed E-state index contributed by atoms with van der Waals surface area (Å²) < 4.78 is 0. The number of para-hydroxylation sites is 1. The fourth-order valence-corrected chi connectivity index (χ4v) is 5.24. The van der Waals surface area contributed by atoms with Crippen LogP contribution in [-0.4, -0.2) is 23.0 Å². The van der Waals surface area contributed by atoms with Crippen molar-refractivity contribution in [2.24, 2.45) is 0 Å². The highest BCUT2D eigenvalue weighted by atomic mass is 32.2. The van der Waals surface area contributed by atoms with Crippen LogP contribution in [0, 0.1) is 13.8 Å². The molecule has 6 nitrogen and oxygen atoms in total. The Morgan fingerprint density at radius 3 is 2.24 bits per heavy atom. The summed E-state index contributed by atoms with van der Waals surface area (Å²) in [5, 5.41) is 8.41. The highest BCUT2D eigenvalue weighted by Gasteiger charge is 2.18. The number of thioether (sulfide) groups is 1. The van der Waals surface area contributed by atoms with E-state index in [1.807, 2.05) is 81.4 Å². The van der Waals surface area contributed by atoms with Gasteiger partial charge in [-0.1, -0.05) is 73.2 Å². The average molecular weight is 578 g/mol. The number of nitrogens with one attached hydrogen (secondary N) is 3. The smallest absolute Gasteiger partial charge is 0.272 e. The summed E-state index contributed by atoms with van der Waals surface area (Å²) in [7, 11) is 0. The molecule has 4 aromatic rings. The van der Waals surface area contributed by atoms with Crippen molar-refractivity contribution in [1.29, 1.82) is 0 Å². The van der Waals surface area contributed by atoms with E-state index in [0.29, 0.717) is 11.3 Å². The number of hydrogen-bond donors (Lipinski definition) is 3. The van der Waals surface area contributed by atoms with E-state index < -0.39 is 5.91 Å². The molecule has 0 spiro atoms. The van der Waals surface area contributed by atoms with Gasteiger partial charge in [0.05, 0.1) is 5.25 Å². The number of carbonyl (C=O) groups is 3. The molecule has 4 rings (SSSR count). The Hall–Kier alpha value is -4.62. The Morgan fingerprint density at radius 2 is 1.55 bits per heavy atom. The van der Waals surface area contributed by atoms with Crippen molar-refractivity contribution < 1.29 is 14.4 Å². The monoisotopic (exact) mass is 577 g/mol. The maximum atomic E-state index is 13.3. The van der Waals surface area contributed by atoms with Gasteiger partial charge in [0.15, 0.2) is 0 Å². The second-order valence-electron chi connectivity index (χ2n) is 9.98. The van der Waals surface area contributed by atoms with Gasteiger partial charge in [0.1, 0.15) is 5.70 Å². The molecule has 7 heteroatoms. The van der Waals surface area contributed by atoms with Crippen molar-refractivity contribution in [2.45, 2.75) is 44.3 Å². The lowest BCUT2D eigenvalue weighted by atomic mass is 10.1. The minimum absolute atomic E-state index is 0.0681. The van der Waals surface area contributed by atoms with Gasteiger partial charge >= 0.3 is 0 Å². The molecule has 0 saturated carbocycles. The van der Waals surface area contributed by atoms with Crippen molar-refractivity contribution in [1.82, 2.24) is 5.32 Å². The quantitative estimate of drug-likeness (QED) is 0.135. The van der Waals surface area contributed by atoms with Crippen LogP contribution < -0.4 is 16.0 Å². The molecule has 0 saturated heterocycles. The first-order chi connectivity index (χ1) is 20.2. The van der Waals surface area contributed by atoms with Gasteiger partial charge in [0.2, 0.25) is 5.91 Å². The van der Waals surface area contributed by atoms with Gasteiger partial charge in [-0.2, -0.15) is 0 Å². The SMILES string of the molecule is CCc1cccc(C)c1NC(=O)C(C)Sc1ccc(NC(=O)/C(=C/c2cccc(C)c2)NC(=O)c2ccccc2)cc1. The van der Waals surface area contributed by atoms with Crippen LogP contribution in [0.15, 0.2) is 108 Å². The fraction of sp³-hybridized carbons (Fsp3) is 0.171. The maximum absolute atomic E-state index is 13.3. The zero-order chi connectivity index (χ0) is 30.1. The summed E-state index contributed by atoms with van der Waals surface area (Å²) in [6.07, 6.45) is 2.50. The molecule has 0 aliphatic carbocycles. The highest BCUT2D eigenvalue weighted by molar-refractivity contribution is 8.00. The highest BCUT2D eigenvalue weighted by Crippen LogP contribution is 2.27. The van der Waals surface area contributed by atoms with E-state index in [9.17, 15) is 14.4 Å². The van der Waals surface area contributed by atoms with E-state index in [1.165, 1.54) is 11.8 Å². The molecule has 0 bridgehead atoms. The van der Waals surface area contributed by atoms with Crippen LogP contribution in [0.5, 0.6) is 0 Å². The fourth-order valence-electron chi connectivity index (χ4n) is 4.37. The zero-order valence-electron chi connectivity index (χ0n) is 24.2. The first-order valence-electron chi connectivity index (χ1n) is 13.9. The van der Waals surface area contributed by atoms with E-state index in [4.69, 9.17) is 0 Å². The van der Waals surface area contributed by atoms with E-state index in [2.05, 4.69) is 22.9 Å². The molecule has 1 unspecified atom stereocenters. The lowest BCUT2D eigenvalue weighted by Gasteiger charge is -2.16. The van der Waals surface area contributed by atoms with Crippen LogP contribution in [0.1, 0.15) is 46.5 Å². The first kappa shape index (κ1) is 30.3. The maximum Gasteiger partial charge on any atom is 0.272 e. The molecule has 3 amide bonds. The molecule has 1 atom stereocenters. The molecular weight excluding hydrogens is 542 g/mol. The number of rotatable bonds is 10. The molecule has 214 valence electrons. The molecule has 4 aromatic carbocycles. The van der Waals surface area contributed by atoms with Gasteiger partial charge < -0.3 is 16.0 Å². The van der Waals surface area contributed by atoms with Gasteiger partial charge in [-0.15, -0.1) is 11.8 Å². The Morgan fingerprint density at radius 1 is 0.833 bits per heavy atom. The number of anilines is 2. The molecule has 3 N–H and O–H groups in total. The first-order valence-corrected chi connectivity index (χ1v) is 14.7. The third-order valence-electron chi connectivity index (χ3n) is 6.66. The van der Waals surface area contributed by atoms with Gasteiger partial charge in [-0.25, -0.2) is 0 Å². The van der Waals surface area contributed by atoms with E-state index in [1.54, 1.807) is 42.5 Å². The van der Waals surface area contributed by atoms with Crippen molar-refractivity contribution >= 4 is 46.9 Å². The van der Waals surface area contributed by atoms with Gasteiger partial charge in [0, 0.05) is 21.8 Å². The van der Waals surface area contributed by atoms with E-state index in [-0.39, 0.29) is 22.8 Å². The van der Waals surface area contributed by atoms with Crippen LogP contribution in [0.2, 0.25) is 0 Å². The third-order valence-corrected chi connectivity index (χ3v) is 7.78. The number of amides is 3. The summed E-state index contributed by atoms with van der Waals surface area (Å²) >= 11 is 1.44. The standard InChI is InChI=1S/C35H35N3O3S/c1-5-27-16-10-12-24(3)32(27)38-33(39)25(4)42-30-19-17-29(18-20-30)36-35(41)31(22-26-13-9-11-23(2)21-26)37-34(40)28-14-7-6-8-15-28/h6-22,25H,5H2,1-4H3,(H,36,41)(H,37,40)(H,38,39)/b31-22-. The number of benzene rings is 4. The second kappa shape index (κ2) is 14.3. The molecule has 0 aliphatic rings. The van der Waals surface area contributed by atoms with Crippen molar-refractivity contribution in [3.63, 3.8) is 0 Å². The van der Waals surface area contributed by atoms with Crippen LogP contribution in [0.25, 0.3) is 6.08 Å². The third kappa shape index (κ3) is 8.21. The van der Waals surface area contributed by atoms with Crippen LogP contribution >= 0.6 is 11.8 Å². The second-order valence-corrected chi connectivity index (χ2v) is 11.4. The summed E-state index contributed by atoms with van der Waals surface area (Å²) in [6, 6.07) is 29.8. The summed E-state index contributed by atoms with van der Waals surface area (Å²) in [4.78, 5) is 40.0. The Kier molecular flexibility index (Phi) is 10.3. The molecule has 0 aliphatic heterocycles. The topological polar surface area (TPSA) is 87.3 Å². The van der Waals surface area contributed by atoms with Crippen LogP contribution in [0.3, 0.4) is 0 Å². The predicted octanol–water partition coefficient (Wildman–Crippen LogP) is 7.39. The van der Waals surface area contributed by atoms with Gasteiger partial charge in [-0.3, -0.25) is 14.4 Å². The lowest BCUT2D eigenvalue weighted by molar-refractivity contribution is -0.115. The molecule has 0 radical (unpaired) electrons. The Bertz CT molecular complexity index is 1600. The minimum Gasteiger partial charge on any atom is -0.325 e. The average Bonchev–Trinajstić information content (AvgIpc) is 2.99. The van der Waals surface area contributed by atoms with Crippen molar-refractivity contribution in [2.75, 3.05) is 10.6 Å². The minimum atomic E-state index is -0.445. The molecule has 0 heterocycles. The predicted molar refractivity (Wildman–Crippen MR) is 173 cm³/mol. The normalized spacial score (nSPS) is 11.9. The molecule has 0 fully saturated rings. The molecule has 42 heavy (non-hydrogen) atoms. The lowest BCUT2D eigenvalue weighted by Crippen LogP contribution is -2.30. The van der Waals surface area contributed by atoms with Gasteiger partial charge in [-0.05, 0) is 86.4 Å². The van der Waals surface area contributed by atoms with Crippen LogP contribution in [-0.2, 0) is 16.0 Å². The number of carbonyl (C=O) groups excluding carboxylic acids is 3. The zero-order valence-corrected chi connectivity index (χ0v) is 25.0. The number of aryl methyl sites for hydroxylation is 3. The van der Waals surface area contributed by atoms with E-state index in [0.717, 1.165) is 39.3 Å². The van der Waals surface area contributed by atoms with Crippen molar-refractivity contribution in [3.8, 4) is 0 Å². The summed E-state index contributed by atoms with van der Waals surface area (Å²) in [5.41, 5.74) is 6.01. The molecule has 0 aromatic heterocycles. The number of hydrogen-bond acceptors (Lipinski definition) is 4. The summed E-state index contributed by atoms with van der Waals surface area (Å²) in [6.45, 7) is 7.90. The van der Waals surface area contributed by atoms with Gasteiger partial charge in [0.25, 0.3) is 11.8 Å². The van der Waals surface area contributed by atoms with E-state index >= 15 is 0 Å². The largest absolute Gasteiger partial charge is 0.325 e. The summed E-state index contributed by atoms with van der Waals surface area (Å²) in [5.74, 6) is -0.888. The Balaban J connectivity index is 1.44. The Labute approximate surface area is 251 Å². The van der Waals surface area contributed by atoms with Crippen molar-refractivity contribution in [3.05, 3.63) is 131 Å². The molecular formula is C35H35N3O3S.